The van der Waals surface area contributed by atoms with Gasteiger partial charge < -0.3 is 24.3 Å². The Bertz CT molecular complexity index is 1960. The summed E-state index contributed by atoms with van der Waals surface area (Å²) < 4.78 is 58.5. The van der Waals surface area contributed by atoms with Crippen LogP contribution in [0.2, 0.25) is 5.02 Å². The van der Waals surface area contributed by atoms with Crippen LogP contribution in [0.25, 0.3) is 22.3 Å². The Hall–Kier alpha value is -4.61. The third-order valence-corrected chi connectivity index (χ3v) is 8.18. The van der Waals surface area contributed by atoms with Gasteiger partial charge in [0.2, 0.25) is 5.88 Å². The van der Waals surface area contributed by atoms with Crippen molar-refractivity contribution in [3.05, 3.63) is 106 Å². The van der Waals surface area contributed by atoms with Crippen molar-refractivity contribution in [2.75, 3.05) is 13.2 Å². The average molecular weight is 638 g/mol. The maximum Gasteiger partial charge on any atom is 0.339 e. The van der Waals surface area contributed by atoms with E-state index < -0.39 is 29.2 Å². The van der Waals surface area contributed by atoms with Crippen LogP contribution >= 0.6 is 11.6 Å². The van der Waals surface area contributed by atoms with Gasteiger partial charge in [0.25, 0.3) is 0 Å². The molecular weight excluding hydrogens is 611 g/mol. The number of pyridine rings is 1. The summed E-state index contributed by atoms with van der Waals surface area (Å²) in [5.41, 5.74) is 0.336. The Morgan fingerprint density at radius 3 is 2.53 bits per heavy atom. The molecule has 1 aliphatic heterocycles. The summed E-state index contributed by atoms with van der Waals surface area (Å²) in [5.74, 6) is -3.31. The average Bonchev–Trinajstić information content (AvgIpc) is 3.50. The molecule has 0 amide bonds. The molecule has 0 spiro atoms. The van der Waals surface area contributed by atoms with Gasteiger partial charge in [-0.25, -0.2) is 27.9 Å². The largest absolute Gasteiger partial charge is 0.507 e. The minimum absolute atomic E-state index is 0.0119. The molecule has 2 aromatic heterocycles. The molecule has 232 valence electrons. The van der Waals surface area contributed by atoms with Crippen LogP contribution in [-0.4, -0.2) is 43.9 Å². The van der Waals surface area contributed by atoms with Crippen LogP contribution in [0.1, 0.15) is 47.2 Å². The summed E-state index contributed by atoms with van der Waals surface area (Å²) >= 11 is 5.80. The lowest BCUT2D eigenvalue weighted by Crippen LogP contribution is -2.27. The molecule has 0 aliphatic carbocycles. The van der Waals surface area contributed by atoms with Gasteiger partial charge >= 0.3 is 5.97 Å². The maximum absolute atomic E-state index is 15.6. The Labute approximate surface area is 260 Å². The Morgan fingerprint density at radius 1 is 1.04 bits per heavy atom. The molecule has 1 fully saturated rings. The molecule has 2 N–H and O–H groups in total. The van der Waals surface area contributed by atoms with E-state index in [0.717, 1.165) is 12.1 Å². The second kappa shape index (κ2) is 11.7. The number of rotatable bonds is 8. The number of hydrogen-bond acceptors (Lipinski definition) is 6. The topological polar surface area (TPSA) is 107 Å². The SMILES string of the molecule is CC1(C)COCC1n1c(Cc2cc(F)c(-c3cccc(OCc4ccc(Cl)cc4F)n3)cc2F)nc2cc(O)c(C(=O)O)cc21. The third kappa shape index (κ3) is 5.93. The molecule has 6 rings (SSSR count). The lowest BCUT2D eigenvalue weighted by Gasteiger charge is -2.28. The van der Waals surface area contributed by atoms with Gasteiger partial charge in [0, 0.05) is 40.1 Å². The molecule has 12 heteroatoms. The van der Waals surface area contributed by atoms with E-state index in [1.807, 2.05) is 13.8 Å². The van der Waals surface area contributed by atoms with Crippen molar-refractivity contribution in [2.24, 2.45) is 5.41 Å². The lowest BCUT2D eigenvalue weighted by atomic mass is 9.87. The molecule has 1 saturated heterocycles. The first-order chi connectivity index (χ1) is 21.4. The molecule has 0 saturated carbocycles. The number of carboxylic acids is 1. The van der Waals surface area contributed by atoms with E-state index in [2.05, 4.69) is 9.97 Å². The molecule has 3 aromatic carbocycles. The molecule has 0 radical (unpaired) electrons. The molecule has 0 bridgehead atoms. The van der Waals surface area contributed by atoms with E-state index in [0.29, 0.717) is 30.1 Å². The zero-order valence-corrected chi connectivity index (χ0v) is 24.9. The van der Waals surface area contributed by atoms with Gasteiger partial charge in [-0.15, -0.1) is 0 Å². The molecule has 5 aromatic rings. The Morgan fingerprint density at radius 2 is 1.82 bits per heavy atom. The summed E-state index contributed by atoms with van der Waals surface area (Å²) in [7, 11) is 0. The van der Waals surface area contributed by atoms with Crippen molar-refractivity contribution in [1.29, 1.82) is 0 Å². The molecular formula is C33H27ClF3N3O5. The van der Waals surface area contributed by atoms with Crippen molar-refractivity contribution >= 4 is 28.6 Å². The predicted octanol–water partition coefficient (Wildman–Crippen LogP) is 7.34. The van der Waals surface area contributed by atoms with E-state index in [4.69, 9.17) is 21.1 Å². The van der Waals surface area contributed by atoms with Gasteiger partial charge in [-0.2, -0.15) is 0 Å². The Balaban J connectivity index is 1.33. The van der Waals surface area contributed by atoms with Crippen LogP contribution in [0.5, 0.6) is 11.6 Å². The number of carbonyl (C=O) groups is 1. The summed E-state index contributed by atoms with van der Waals surface area (Å²) in [6.45, 7) is 4.57. The van der Waals surface area contributed by atoms with Crippen molar-refractivity contribution in [1.82, 2.24) is 14.5 Å². The highest BCUT2D eigenvalue weighted by atomic mass is 35.5. The van der Waals surface area contributed by atoms with Gasteiger partial charge in [0.15, 0.2) is 0 Å². The summed E-state index contributed by atoms with van der Waals surface area (Å²) in [4.78, 5) is 20.6. The zero-order chi connectivity index (χ0) is 32.0. The number of ether oxygens (including phenoxy) is 2. The maximum atomic E-state index is 15.6. The number of fused-ring (bicyclic) bond motifs is 1. The van der Waals surface area contributed by atoms with Crippen LogP contribution < -0.4 is 4.74 Å². The van der Waals surface area contributed by atoms with E-state index in [-0.39, 0.29) is 63.3 Å². The minimum atomic E-state index is -1.31. The number of hydrogen-bond donors (Lipinski definition) is 2. The highest BCUT2D eigenvalue weighted by molar-refractivity contribution is 6.30. The fourth-order valence-electron chi connectivity index (χ4n) is 5.53. The highest BCUT2D eigenvalue weighted by Gasteiger charge is 2.39. The van der Waals surface area contributed by atoms with Crippen LogP contribution in [-0.2, 0) is 17.8 Å². The van der Waals surface area contributed by atoms with Crippen LogP contribution in [0, 0.1) is 22.9 Å². The number of halogens is 4. The predicted molar refractivity (Wildman–Crippen MR) is 160 cm³/mol. The molecule has 1 aliphatic rings. The molecule has 1 atom stereocenters. The van der Waals surface area contributed by atoms with Gasteiger partial charge in [0.1, 0.15) is 41.2 Å². The van der Waals surface area contributed by atoms with E-state index in [9.17, 15) is 19.4 Å². The first-order valence-electron chi connectivity index (χ1n) is 14.0. The fourth-order valence-corrected chi connectivity index (χ4v) is 5.69. The number of phenols is 1. The van der Waals surface area contributed by atoms with Crippen molar-refractivity contribution in [2.45, 2.75) is 32.9 Å². The van der Waals surface area contributed by atoms with Crippen molar-refractivity contribution < 1.29 is 37.7 Å². The molecule has 3 heterocycles. The number of nitrogens with zero attached hydrogens (tertiary/aromatic N) is 3. The van der Waals surface area contributed by atoms with Gasteiger partial charge in [-0.05, 0) is 42.0 Å². The number of imidazole rings is 1. The summed E-state index contributed by atoms with van der Waals surface area (Å²) in [6, 6.07) is 13.2. The van der Waals surface area contributed by atoms with E-state index in [1.54, 1.807) is 10.6 Å². The second-order valence-electron chi connectivity index (χ2n) is 11.6. The zero-order valence-electron chi connectivity index (χ0n) is 24.2. The molecule has 1 unspecified atom stereocenters. The van der Waals surface area contributed by atoms with Crippen LogP contribution in [0.3, 0.4) is 0 Å². The highest BCUT2D eigenvalue weighted by Crippen LogP contribution is 2.41. The number of aromatic hydroxyl groups is 1. The smallest absolute Gasteiger partial charge is 0.339 e. The first kappa shape index (κ1) is 30.4. The first-order valence-corrected chi connectivity index (χ1v) is 14.4. The van der Waals surface area contributed by atoms with Gasteiger partial charge in [-0.3, -0.25) is 0 Å². The van der Waals surface area contributed by atoms with E-state index in [1.165, 1.54) is 42.5 Å². The monoisotopic (exact) mass is 637 g/mol. The van der Waals surface area contributed by atoms with E-state index >= 15 is 8.78 Å². The fraction of sp³-hybridized carbons (Fsp3) is 0.242. The van der Waals surface area contributed by atoms with Crippen LogP contribution in [0.15, 0.2) is 60.7 Å². The second-order valence-corrected chi connectivity index (χ2v) is 12.0. The lowest BCUT2D eigenvalue weighted by molar-refractivity contribution is 0.0694. The van der Waals surface area contributed by atoms with Crippen LogP contribution in [0.4, 0.5) is 13.2 Å². The normalized spacial score (nSPS) is 15.9. The standard InChI is InChI=1S/C33H27ClF3N3O5/c1-33(2)16-44-15-29(33)40-27-12-21(32(42)43)28(41)13-26(27)38-30(40)9-18-8-24(37)20(11-23(18)36)25-4-3-5-31(39-25)45-14-17-6-7-19(34)10-22(17)35/h3-8,10-13,29,41H,9,14-16H2,1-2H3,(H,42,43). The number of aromatic carboxylic acids is 1. The molecule has 45 heavy (non-hydrogen) atoms. The molecule has 8 nitrogen and oxygen atoms in total. The number of carboxylic acid groups (broad SMARTS) is 1. The summed E-state index contributed by atoms with van der Waals surface area (Å²) in [6.07, 6.45) is -0.128. The van der Waals surface area contributed by atoms with Crippen molar-refractivity contribution in [3.8, 4) is 22.9 Å². The van der Waals surface area contributed by atoms with Crippen molar-refractivity contribution in [3.63, 3.8) is 0 Å². The minimum Gasteiger partial charge on any atom is -0.507 e. The Kier molecular flexibility index (Phi) is 7.92. The number of aromatic nitrogens is 3. The quantitative estimate of drug-likeness (QED) is 0.183. The van der Waals surface area contributed by atoms with Gasteiger partial charge in [0.05, 0.1) is 36.0 Å². The number of benzene rings is 3. The third-order valence-electron chi connectivity index (χ3n) is 7.95. The summed E-state index contributed by atoms with van der Waals surface area (Å²) in [5, 5.41) is 20.1. The van der Waals surface area contributed by atoms with Gasteiger partial charge in [-0.1, -0.05) is 37.6 Å².